The van der Waals surface area contributed by atoms with Crippen LogP contribution in [0, 0.1) is 5.92 Å². The van der Waals surface area contributed by atoms with Crippen LogP contribution >= 0.6 is 0 Å². The summed E-state index contributed by atoms with van der Waals surface area (Å²) in [6.45, 7) is 2.07. The van der Waals surface area contributed by atoms with Crippen molar-refractivity contribution in [1.82, 2.24) is 10.2 Å². The number of nitrogens with one attached hydrogen (secondary N) is 1. The Kier molecular flexibility index (Phi) is 4.00. The van der Waals surface area contributed by atoms with Gasteiger partial charge in [0.15, 0.2) is 0 Å². The number of amides is 2. The molecule has 0 radical (unpaired) electrons. The van der Waals surface area contributed by atoms with E-state index >= 15 is 0 Å². The SMILES string of the molecule is CC(C)NC(=O)[C@@H]1CC(=O)N(CC(F)(F)F)C1. The van der Waals surface area contributed by atoms with Crippen LogP contribution < -0.4 is 5.32 Å². The fourth-order valence-electron chi connectivity index (χ4n) is 1.72. The van der Waals surface area contributed by atoms with Gasteiger partial charge in [0.2, 0.25) is 11.8 Å². The smallest absolute Gasteiger partial charge is 0.354 e. The molecule has 0 aromatic rings. The second kappa shape index (κ2) is 4.93. The Balaban J connectivity index is 2.55. The summed E-state index contributed by atoms with van der Waals surface area (Å²) in [6.07, 6.45) is -4.56. The normalized spacial score (nSPS) is 21.2. The van der Waals surface area contributed by atoms with E-state index < -0.39 is 24.5 Å². The van der Waals surface area contributed by atoms with E-state index in [0.29, 0.717) is 4.90 Å². The van der Waals surface area contributed by atoms with E-state index in [1.807, 2.05) is 0 Å². The summed E-state index contributed by atoms with van der Waals surface area (Å²) >= 11 is 0. The molecule has 0 spiro atoms. The Morgan fingerprint density at radius 3 is 2.59 bits per heavy atom. The minimum absolute atomic E-state index is 0.0886. The Morgan fingerprint density at radius 1 is 1.53 bits per heavy atom. The van der Waals surface area contributed by atoms with Crippen molar-refractivity contribution in [2.75, 3.05) is 13.1 Å². The van der Waals surface area contributed by atoms with Crippen LogP contribution in [0.15, 0.2) is 0 Å². The topological polar surface area (TPSA) is 49.4 Å². The van der Waals surface area contributed by atoms with Gasteiger partial charge in [0, 0.05) is 19.0 Å². The number of likely N-dealkylation sites (tertiary alicyclic amines) is 1. The lowest BCUT2D eigenvalue weighted by molar-refractivity contribution is -0.157. The van der Waals surface area contributed by atoms with Gasteiger partial charge in [-0.25, -0.2) is 0 Å². The van der Waals surface area contributed by atoms with Crippen LogP contribution in [0.2, 0.25) is 0 Å². The maximum absolute atomic E-state index is 12.1. The Labute approximate surface area is 97.1 Å². The zero-order chi connectivity index (χ0) is 13.2. The predicted octanol–water partition coefficient (Wildman–Crippen LogP) is 0.922. The Bertz CT molecular complexity index is 315. The van der Waals surface area contributed by atoms with Crippen LogP contribution in [-0.2, 0) is 9.59 Å². The zero-order valence-corrected chi connectivity index (χ0v) is 9.67. The van der Waals surface area contributed by atoms with Crippen molar-refractivity contribution in [3.63, 3.8) is 0 Å². The van der Waals surface area contributed by atoms with Crippen molar-refractivity contribution in [2.24, 2.45) is 5.92 Å². The zero-order valence-electron chi connectivity index (χ0n) is 9.67. The molecule has 0 bridgehead atoms. The summed E-state index contributed by atoms with van der Waals surface area (Å²) in [5.74, 6) is -1.66. The molecule has 1 fully saturated rings. The second-order valence-electron chi connectivity index (χ2n) is 4.45. The van der Waals surface area contributed by atoms with Crippen molar-refractivity contribution in [3.8, 4) is 0 Å². The highest BCUT2D eigenvalue weighted by atomic mass is 19.4. The molecule has 1 aliphatic rings. The molecule has 0 aromatic heterocycles. The van der Waals surface area contributed by atoms with Crippen molar-refractivity contribution in [3.05, 3.63) is 0 Å². The van der Waals surface area contributed by atoms with Gasteiger partial charge in [-0.2, -0.15) is 13.2 Å². The highest BCUT2D eigenvalue weighted by Gasteiger charge is 2.40. The number of rotatable bonds is 3. The Morgan fingerprint density at radius 2 is 2.12 bits per heavy atom. The first-order chi connectivity index (χ1) is 7.69. The fourth-order valence-corrected chi connectivity index (χ4v) is 1.72. The molecule has 98 valence electrons. The number of hydrogen-bond donors (Lipinski definition) is 1. The average molecular weight is 252 g/mol. The maximum atomic E-state index is 12.1. The van der Waals surface area contributed by atoms with Crippen molar-refractivity contribution in [1.29, 1.82) is 0 Å². The minimum Gasteiger partial charge on any atom is -0.354 e. The third-order valence-corrected chi connectivity index (χ3v) is 2.39. The van der Waals surface area contributed by atoms with Crippen LogP contribution in [0.1, 0.15) is 20.3 Å². The number of alkyl halides is 3. The summed E-state index contributed by atoms with van der Waals surface area (Å²) in [6, 6.07) is -0.0886. The first-order valence-electron chi connectivity index (χ1n) is 5.34. The molecule has 1 atom stereocenters. The molecule has 1 saturated heterocycles. The molecule has 1 N–H and O–H groups in total. The maximum Gasteiger partial charge on any atom is 0.406 e. The third kappa shape index (κ3) is 4.24. The average Bonchev–Trinajstić information content (AvgIpc) is 2.44. The highest BCUT2D eigenvalue weighted by molar-refractivity contribution is 5.89. The van der Waals surface area contributed by atoms with E-state index in [9.17, 15) is 22.8 Å². The lowest BCUT2D eigenvalue weighted by Gasteiger charge is -2.18. The van der Waals surface area contributed by atoms with Crippen LogP contribution in [-0.4, -0.2) is 42.0 Å². The monoisotopic (exact) mass is 252 g/mol. The molecule has 0 saturated carbocycles. The molecular weight excluding hydrogens is 237 g/mol. The van der Waals surface area contributed by atoms with Gasteiger partial charge in [-0.3, -0.25) is 9.59 Å². The van der Waals surface area contributed by atoms with Crippen LogP contribution in [0.25, 0.3) is 0 Å². The first kappa shape index (κ1) is 13.8. The van der Waals surface area contributed by atoms with Gasteiger partial charge in [0.25, 0.3) is 0 Å². The van der Waals surface area contributed by atoms with Crippen molar-refractivity contribution < 1.29 is 22.8 Å². The van der Waals surface area contributed by atoms with E-state index in [1.165, 1.54) is 0 Å². The largest absolute Gasteiger partial charge is 0.406 e. The van der Waals surface area contributed by atoms with E-state index in [-0.39, 0.29) is 24.9 Å². The van der Waals surface area contributed by atoms with Gasteiger partial charge in [0.05, 0.1) is 5.92 Å². The molecular formula is C10H15F3N2O2. The number of nitrogens with zero attached hydrogens (tertiary/aromatic N) is 1. The van der Waals surface area contributed by atoms with Crippen molar-refractivity contribution >= 4 is 11.8 Å². The van der Waals surface area contributed by atoms with Crippen LogP contribution in [0.3, 0.4) is 0 Å². The number of carbonyl (C=O) groups excluding carboxylic acids is 2. The van der Waals surface area contributed by atoms with Crippen LogP contribution in [0.5, 0.6) is 0 Å². The number of hydrogen-bond acceptors (Lipinski definition) is 2. The van der Waals surface area contributed by atoms with Gasteiger partial charge < -0.3 is 10.2 Å². The van der Waals surface area contributed by atoms with E-state index in [4.69, 9.17) is 0 Å². The standard InChI is InChI=1S/C10H15F3N2O2/c1-6(2)14-9(17)7-3-8(16)15(4-7)5-10(11,12)13/h6-7H,3-5H2,1-2H3,(H,14,17)/t7-/m1/s1. The third-order valence-electron chi connectivity index (χ3n) is 2.39. The Hall–Kier alpha value is -1.27. The molecule has 1 heterocycles. The number of halogens is 3. The predicted molar refractivity (Wildman–Crippen MR) is 54.0 cm³/mol. The van der Waals surface area contributed by atoms with Gasteiger partial charge >= 0.3 is 6.18 Å². The molecule has 4 nitrogen and oxygen atoms in total. The fraction of sp³-hybridized carbons (Fsp3) is 0.800. The molecule has 2 amide bonds. The lowest BCUT2D eigenvalue weighted by Crippen LogP contribution is -2.38. The van der Waals surface area contributed by atoms with Gasteiger partial charge in [-0.05, 0) is 13.8 Å². The second-order valence-corrected chi connectivity index (χ2v) is 4.45. The molecule has 1 rings (SSSR count). The first-order valence-corrected chi connectivity index (χ1v) is 5.34. The van der Waals surface area contributed by atoms with Crippen molar-refractivity contribution in [2.45, 2.75) is 32.5 Å². The van der Waals surface area contributed by atoms with E-state index in [2.05, 4.69) is 5.32 Å². The summed E-state index contributed by atoms with van der Waals surface area (Å²) in [5, 5.41) is 2.59. The highest BCUT2D eigenvalue weighted by Crippen LogP contribution is 2.23. The van der Waals surface area contributed by atoms with E-state index in [0.717, 1.165) is 0 Å². The summed E-state index contributed by atoms with van der Waals surface area (Å²) in [5.41, 5.74) is 0. The van der Waals surface area contributed by atoms with Gasteiger partial charge in [0.1, 0.15) is 6.54 Å². The lowest BCUT2D eigenvalue weighted by atomic mass is 10.1. The molecule has 0 unspecified atom stereocenters. The molecule has 0 aromatic carbocycles. The van der Waals surface area contributed by atoms with Crippen LogP contribution in [0.4, 0.5) is 13.2 Å². The number of carbonyl (C=O) groups is 2. The summed E-state index contributed by atoms with van der Waals surface area (Å²) in [7, 11) is 0. The summed E-state index contributed by atoms with van der Waals surface area (Å²) in [4.78, 5) is 23.5. The molecule has 0 aliphatic carbocycles. The van der Waals surface area contributed by atoms with E-state index in [1.54, 1.807) is 13.8 Å². The molecule has 1 aliphatic heterocycles. The van der Waals surface area contributed by atoms with Gasteiger partial charge in [-0.15, -0.1) is 0 Å². The minimum atomic E-state index is -4.42. The van der Waals surface area contributed by atoms with Gasteiger partial charge in [-0.1, -0.05) is 0 Å². The molecule has 7 heteroatoms. The molecule has 17 heavy (non-hydrogen) atoms. The summed E-state index contributed by atoms with van der Waals surface area (Å²) < 4.78 is 36.4. The quantitative estimate of drug-likeness (QED) is 0.812.